The summed E-state index contributed by atoms with van der Waals surface area (Å²) in [5.74, 6) is 0.317. The van der Waals surface area contributed by atoms with Gasteiger partial charge in [0.15, 0.2) is 6.10 Å². The van der Waals surface area contributed by atoms with E-state index in [-0.39, 0.29) is 6.61 Å². The summed E-state index contributed by atoms with van der Waals surface area (Å²) in [4.78, 5) is 25.6. The molecule has 4 nitrogen and oxygen atoms in total. The number of benzene rings is 3. The van der Waals surface area contributed by atoms with Gasteiger partial charge in [0.25, 0.3) is 0 Å². The summed E-state index contributed by atoms with van der Waals surface area (Å²) in [6.07, 6.45) is 3.49. The zero-order valence-electron chi connectivity index (χ0n) is 21.9. The lowest BCUT2D eigenvalue weighted by atomic mass is 9.98. The molecule has 0 aromatic heterocycles. The van der Waals surface area contributed by atoms with Crippen LogP contribution in [0.2, 0.25) is 0 Å². The fourth-order valence-electron chi connectivity index (χ4n) is 3.95. The maximum absolute atomic E-state index is 12.9. The first-order valence-electron chi connectivity index (χ1n) is 13.0. The Morgan fingerprint density at radius 1 is 0.667 bits per heavy atom. The maximum atomic E-state index is 12.9. The van der Waals surface area contributed by atoms with Gasteiger partial charge < -0.3 is 9.47 Å². The van der Waals surface area contributed by atoms with Crippen molar-refractivity contribution < 1.29 is 19.1 Å². The van der Waals surface area contributed by atoms with Crippen LogP contribution in [0.5, 0.6) is 0 Å². The van der Waals surface area contributed by atoms with Crippen LogP contribution in [0.4, 0.5) is 0 Å². The van der Waals surface area contributed by atoms with E-state index in [1.54, 1.807) is 24.3 Å². The molecule has 0 bridgehead atoms. The van der Waals surface area contributed by atoms with Crippen molar-refractivity contribution in [1.82, 2.24) is 0 Å². The fraction of sp³-hybridized carbons (Fsp3) is 0.375. The van der Waals surface area contributed by atoms with Crippen LogP contribution in [-0.4, -0.2) is 18.5 Å². The highest BCUT2D eigenvalue weighted by molar-refractivity contribution is 5.90. The molecule has 0 spiro atoms. The summed E-state index contributed by atoms with van der Waals surface area (Å²) in [7, 11) is 0. The molecular weight excluding hydrogens is 448 g/mol. The van der Waals surface area contributed by atoms with E-state index in [1.165, 1.54) is 11.1 Å². The lowest BCUT2D eigenvalue weighted by Gasteiger charge is -2.19. The largest absolute Gasteiger partial charge is 0.458 e. The number of carbonyl (C=O) groups is 2. The fourth-order valence-corrected chi connectivity index (χ4v) is 3.95. The first-order chi connectivity index (χ1) is 17.4. The number of esters is 2. The molecule has 0 amide bonds. The molecular formula is C32H38O4. The van der Waals surface area contributed by atoms with Crippen LogP contribution in [0, 0.1) is 11.8 Å². The van der Waals surface area contributed by atoms with Crippen LogP contribution < -0.4 is 0 Å². The first-order valence-corrected chi connectivity index (χ1v) is 13.0. The lowest BCUT2D eigenvalue weighted by Crippen LogP contribution is -2.19. The minimum absolute atomic E-state index is 0.0602. The van der Waals surface area contributed by atoms with Gasteiger partial charge >= 0.3 is 11.9 Å². The standard InChI is InChI=1S/C32H38O4/c1-5-23(3)20-25-12-16-28(17-13-25)31(33)35-22-30(27-10-8-7-9-11-27)36-32(34)29-18-14-26(15-19-29)21-24(4)6-2/h7-19,23-24,30H,5-6,20-22H2,1-4H3. The number of rotatable bonds is 12. The van der Waals surface area contributed by atoms with Gasteiger partial charge in [0.05, 0.1) is 11.1 Å². The summed E-state index contributed by atoms with van der Waals surface area (Å²) in [6.45, 7) is 8.73. The van der Waals surface area contributed by atoms with E-state index in [9.17, 15) is 9.59 Å². The normalized spacial score (nSPS) is 13.4. The summed E-state index contributed by atoms with van der Waals surface area (Å²) >= 11 is 0. The molecule has 3 atom stereocenters. The van der Waals surface area contributed by atoms with Gasteiger partial charge in [-0.05, 0) is 65.6 Å². The van der Waals surface area contributed by atoms with Gasteiger partial charge in [-0.25, -0.2) is 9.59 Å². The van der Waals surface area contributed by atoms with Gasteiger partial charge in [0, 0.05) is 0 Å². The van der Waals surface area contributed by atoms with Gasteiger partial charge in [-0.1, -0.05) is 95.1 Å². The minimum atomic E-state index is -0.702. The Hall–Kier alpha value is -3.40. The van der Waals surface area contributed by atoms with Crippen molar-refractivity contribution in [1.29, 1.82) is 0 Å². The van der Waals surface area contributed by atoms with Crippen LogP contribution in [0.1, 0.15) is 84.0 Å². The number of hydrogen-bond donors (Lipinski definition) is 0. The number of ether oxygens (including phenoxy) is 2. The second-order valence-electron chi connectivity index (χ2n) is 9.73. The highest BCUT2D eigenvalue weighted by atomic mass is 16.6. The zero-order chi connectivity index (χ0) is 25.9. The Morgan fingerprint density at radius 2 is 1.14 bits per heavy atom. The van der Waals surface area contributed by atoms with Crippen LogP contribution in [0.3, 0.4) is 0 Å². The molecule has 3 rings (SSSR count). The van der Waals surface area contributed by atoms with E-state index < -0.39 is 18.0 Å². The third-order valence-corrected chi connectivity index (χ3v) is 6.73. The Labute approximate surface area is 215 Å². The molecule has 0 radical (unpaired) electrons. The average molecular weight is 487 g/mol. The van der Waals surface area contributed by atoms with Gasteiger partial charge in [0.2, 0.25) is 0 Å². The monoisotopic (exact) mass is 486 g/mol. The van der Waals surface area contributed by atoms with Crippen molar-refractivity contribution >= 4 is 11.9 Å². The van der Waals surface area contributed by atoms with E-state index >= 15 is 0 Å². The van der Waals surface area contributed by atoms with Gasteiger partial charge in [-0.15, -0.1) is 0 Å². The van der Waals surface area contributed by atoms with E-state index in [1.807, 2.05) is 54.6 Å². The molecule has 190 valence electrons. The lowest BCUT2D eigenvalue weighted by molar-refractivity contribution is -0.00133. The summed E-state index contributed by atoms with van der Waals surface area (Å²) in [5.41, 5.74) is 4.14. The van der Waals surface area contributed by atoms with Crippen LogP contribution in [0.15, 0.2) is 78.9 Å². The Bertz CT molecular complexity index is 1090. The van der Waals surface area contributed by atoms with Gasteiger partial charge in [0.1, 0.15) is 6.61 Å². The van der Waals surface area contributed by atoms with E-state index in [0.717, 1.165) is 31.2 Å². The molecule has 0 aliphatic heterocycles. The van der Waals surface area contributed by atoms with E-state index in [2.05, 4.69) is 27.7 Å². The van der Waals surface area contributed by atoms with Crippen LogP contribution in [0.25, 0.3) is 0 Å². The quantitative estimate of drug-likeness (QED) is 0.247. The highest BCUT2D eigenvalue weighted by Gasteiger charge is 2.21. The SMILES string of the molecule is CCC(C)Cc1ccc(C(=O)OCC(OC(=O)c2ccc(CC(C)CC)cc2)c2ccccc2)cc1. The van der Waals surface area contributed by atoms with Crippen molar-refractivity contribution in [2.75, 3.05) is 6.61 Å². The third-order valence-electron chi connectivity index (χ3n) is 6.73. The maximum Gasteiger partial charge on any atom is 0.338 e. The zero-order valence-corrected chi connectivity index (χ0v) is 21.9. The average Bonchev–Trinajstić information content (AvgIpc) is 2.91. The number of carbonyl (C=O) groups excluding carboxylic acids is 2. The van der Waals surface area contributed by atoms with E-state index in [0.29, 0.717) is 23.0 Å². The molecule has 0 N–H and O–H groups in total. The third kappa shape index (κ3) is 8.08. The topological polar surface area (TPSA) is 52.6 Å². The second-order valence-corrected chi connectivity index (χ2v) is 9.73. The highest BCUT2D eigenvalue weighted by Crippen LogP contribution is 2.22. The minimum Gasteiger partial charge on any atom is -0.458 e. The number of hydrogen-bond acceptors (Lipinski definition) is 4. The summed E-state index contributed by atoms with van der Waals surface area (Å²) in [5, 5.41) is 0. The molecule has 0 saturated carbocycles. The Balaban J connectivity index is 1.65. The molecule has 0 saturated heterocycles. The van der Waals surface area contributed by atoms with Crippen molar-refractivity contribution in [3.05, 3.63) is 107 Å². The smallest absolute Gasteiger partial charge is 0.338 e. The second kappa shape index (κ2) is 13.6. The predicted molar refractivity (Wildman–Crippen MR) is 144 cm³/mol. The summed E-state index contributed by atoms with van der Waals surface area (Å²) < 4.78 is 11.4. The van der Waals surface area contributed by atoms with Crippen molar-refractivity contribution in [2.24, 2.45) is 11.8 Å². The Kier molecular flexibility index (Phi) is 10.3. The molecule has 36 heavy (non-hydrogen) atoms. The van der Waals surface area contributed by atoms with Crippen molar-refractivity contribution in [2.45, 2.75) is 59.5 Å². The molecule has 0 fully saturated rings. The van der Waals surface area contributed by atoms with Crippen LogP contribution >= 0.6 is 0 Å². The van der Waals surface area contributed by atoms with E-state index in [4.69, 9.17) is 9.47 Å². The van der Waals surface area contributed by atoms with Gasteiger partial charge in [-0.2, -0.15) is 0 Å². The molecule has 0 heterocycles. The van der Waals surface area contributed by atoms with Crippen molar-refractivity contribution in [3.8, 4) is 0 Å². The van der Waals surface area contributed by atoms with Gasteiger partial charge in [-0.3, -0.25) is 0 Å². The van der Waals surface area contributed by atoms with Crippen molar-refractivity contribution in [3.63, 3.8) is 0 Å². The Morgan fingerprint density at radius 3 is 1.61 bits per heavy atom. The molecule has 3 aromatic carbocycles. The molecule has 4 heteroatoms. The molecule has 0 aliphatic rings. The molecule has 0 aliphatic carbocycles. The predicted octanol–water partition coefficient (Wildman–Crippen LogP) is 7.62. The summed E-state index contributed by atoms with van der Waals surface area (Å²) in [6, 6.07) is 24.5. The molecule has 3 unspecified atom stereocenters. The first kappa shape index (κ1) is 27.2. The molecule has 3 aromatic rings. The van der Waals surface area contributed by atoms with Crippen LogP contribution in [-0.2, 0) is 22.3 Å².